The highest BCUT2D eigenvalue weighted by Crippen LogP contribution is 2.28. The van der Waals surface area contributed by atoms with Crippen LogP contribution in [0.25, 0.3) is 0 Å². The molecule has 192 valence electrons. The molecule has 0 spiro atoms. The minimum Gasteiger partial charge on any atom is -0.472 e. The maximum atomic E-state index is 13.6. The monoisotopic (exact) mass is 491 g/mol. The number of pyridine rings is 1. The van der Waals surface area contributed by atoms with Crippen LogP contribution in [0.15, 0.2) is 31.0 Å². The van der Waals surface area contributed by atoms with Crippen LogP contribution in [-0.4, -0.2) is 74.7 Å². The van der Waals surface area contributed by atoms with Crippen LogP contribution in [0.2, 0.25) is 0 Å². The zero-order chi connectivity index (χ0) is 25.5. The van der Waals surface area contributed by atoms with Gasteiger partial charge in [0.05, 0.1) is 12.6 Å². The van der Waals surface area contributed by atoms with Crippen LogP contribution in [-0.2, 0) is 6.54 Å². The van der Waals surface area contributed by atoms with E-state index in [4.69, 9.17) is 4.74 Å². The molecule has 0 unspecified atom stereocenters. The molecule has 3 atom stereocenters. The third kappa shape index (κ3) is 6.59. The van der Waals surface area contributed by atoms with E-state index in [9.17, 15) is 9.90 Å². The first-order valence-corrected chi connectivity index (χ1v) is 13.0. The van der Waals surface area contributed by atoms with Crippen LogP contribution < -0.4 is 4.74 Å². The molecule has 0 aromatic carbocycles. The van der Waals surface area contributed by atoms with Gasteiger partial charge in [-0.25, -0.2) is 15.0 Å². The van der Waals surface area contributed by atoms with Crippen molar-refractivity contribution in [3.63, 3.8) is 0 Å². The van der Waals surface area contributed by atoms with Crippen molar-refractivity contribution in [2.45, 2.75) is 64.6 Å². The maximum Gasteiger partial charge on any atom is 0.259 e. The van der Waals surface area contributed by atoms with Crippen LogP contribution in [0.3, 0.4) is 0 Å². The number of aromatic nitrogens is 3. The van der Waals surface area contributed by atoms with E-state index >= 15 is 0 Å². The molecule has 36 heavy (non-hydrogen) atoms. The van der Waals surface area contributed by atoms with Gasteiger partial charge in [0, 0.05) is 61.2 Å². The van der Waals surface area contributed by atoms with Crippen molar-refractivity contribution in [1.82, 2.24) is 24.8 Å². The zero-order valence-electron chi connectivity index (χ0n) is 21.6. The predicted molar refractivity (Wildman–Crippen MR) is 137 cm³/mol. The van der Waals surface area contributed by atoms with Crippen LogP contribution in [0, 0.1) is 23.7 Å². The Bertz CT molecular complexity index is 1080. The number of nitrogens with zero attached hydrogens (tertiary/aromatic N) is 5. The van der Waals surface area contributed by atoms with E-state index in [-0.39, 0.29) is 30.6 Å². The molecule has 1 saturated carbocycles. The molecular formula is C28H37N5O3. The number of likely N-dealkylation sites (N-methyl/N-ethyl adjacent to an activating group) is 1. The fourth-order valence-electron chi connectivity index (χ4n) is 4.92. The average Bonchev–Trinajstić information content (AvgIpc) is 2.90. The first-order valence-electron chi connectivity index (χ1n) is 13.0. The van der Waals surface area contributed by atoms with Crippen LogP contribution in [0.4, 0.5) is 0 Å². The van der Waals surface area contributed by atoms with Gasteiger partial charge < -0.3 is 14.7 Å². The molecule has 8 heteroatoms. The van der Waals surface area contributed by atoms with Crippen molar-refractivity contribution in [1.29, 1.82) is 0 Å². The largest absolute Gasteiger partial charge is 0.472 e. The molecule has 8 nitrogen and oxygen atoms in total. The molecule has 3 heterocycles. The van der Waals surface area contributed by atoms with Gasteiger partial charge >= 0.3 is 0 Å². The van der Waals surface area contributed by atoms with Crippen LogP contribution in [0.5, 0.6) is 5.88 Å². The molecule has 2 aliphatic rings. The van der Waals surface area contributed by atoms with Gasteiger partial charge in [0.15, 0.2) is 0 Å². The van der Waals surface area contributed by atoms with Gasteiger partial charge in [-0.2, -0.15) is 0 Å². The highest BCUT2D eigenvalue weighted by Gasteiger charge is 2.34. The van der Waals surface area contributed by atoms with Gasteiger partial charge in [0.1, 0.15) is 18.0 Å². The van der Waals surface area contributed by atoms with Gasteiger partial charge in [-0.05, 0) is 32.9 Å². The number of rotatable bonds is 6. The molecule has 0 radical (unpaired) electrons. The third-order valence-electron chi connectivity index (χ3n) is 7.11. The summed E-state index contributed by atoms with van der Waals surface area (Å²) < 4.78 is 6.40. The van der Waals surface area contributed by atoms with Crippen molar-refractivity contribution in [3.05, 3.63) is 47.7 Å². The van der Waals surface area contributed by atoms with Crippen molar-refractivity contribution in [2.75, 3.05) is 26.7 Å². The third-order valence-corrected chi connectivity index (χ3v) is 7.11. The Kier molecular flexibility index (Phi) is 8.89. The molecule has 1 aliphatic carbocycles. The lowest BCUT2D eigenvalue weighted by Gasteiger charge is -2.37. The second kappa shape index (κ2) is 12.3. The Morgan fingerprint density at radius 1 is 1.22 bits per heavy atom. The quantitative estimate of drug-likeness (QED) is 0.621. The molecule has 1 N–H and O–H groups in total. The van der Waals surface area contributed by atoms with Gasteiger partial charge in [-0.3, -0.25) is 9.69 Å². The fraction of sp³-hybridized carbons (Fsp3) is 0.571. The number of aliphatic hydroxyl groups is 1. The highest BCUT2D eigenvalue weighted by atomic mass is 16.5. The SMILES string of the molecule is C[C@H](CO)N1C[C@H](C)[C@H](CN(C)Cc2cncnc2)Oc2ncc(C#CC3CCCCC3)cc2C1=O. The Morgan fingerprint density at radius 2 is 1.97 bits per heavy atom. The number of aliphatic hydroxyl groups excluding tert-OH is 1. The van der Waals surface area contributed by atoms with Crippen molar-refractivity contribution < 1.29 is 14.6 Å². The maximum absolute atomic E-state index is 13.6. The van der Waals surface area contributed by atoms with Gasteiger partial charge in [-0.1, -0.05) is 38.0 Å². The number of fused-ring (bicyclic) bond motifs is 1. The highest BCUT2D eigenvalue weighted by molar-refractivity contribution is 5.97. The van der Waals surface area contributed by atoms with Gasteiger partial charge in [0.2, 0.25) is 5.88 Å². The molecule has 1 amide bonds. The van der Waals surface area contributed by atoms with E-state index in [0.717, 1.165) is 24.0 Å². The van der Waals surface area contributed by atoms with E-state index in [1.165, 1.54) is 25.6 Å². The molecule has 1 fully saturated rings. The summed E-state index contributed by atoms with van der Waals surface area (Å²) in [5, 5.41) is 9.88. The number of ether oxygens (including phenoxy) is 1. The lowest BCUT2D eigenvalue weighted by molar-refractivity contribution is 0.0325. The van der Waals surface area contributed by atoms with E-state index in [1.54, 1.807) is 17.2 Å². The smallest absolute Gasteiger partial charge is 0.259 e. The van der Waals surface area contributed by atoms with Crippen molar-refractivity contribution in [2.24, 2.45) is 11.8 Å². The second-order valence-corrected chi connectivity index (χ2v) is 10.2. The number of carbonyl (C=O) groups excluding carboxylic acids is 1. The lowest BCUT2D eigenvalue weighted by atomic mass is 9.90. The first-order chi connectivity index (χ1) is 17.4. The zero-order valence-corrected chi connectivity index (χ0v) is 21.6. The Labute approximate surface area is 214 Å². The minimum atomic E-state index is -0.317. The number of amides is 1. The summed E-state index contributed by atoms with van der Waals surface area (Å²) in [4.78, 5) is 30.2. The van der Waals surface area contributed by atoms with Crippen LogP contribution in [0.1, 0.15) is 67.4 Å². The molecule has 0 saturated heterocycles. The first kappa shape index (κ1) is 26.1. The average molecular weight is 492 g/mol. The van der Waals surface area contributed by atoms with E-state index < -0.39 is 0 Å². The molecule has 0 bridgehead atoms. The molecule has 1 aliphatic heterocycles. The predicted octanol–water partition coefficient (Wildman–Crippen LogP) is 3.16. The molecular weight excluding hydrogens is 454 g/mol. The summed E-state index contributed by atoms with van der Waals surface area (Å²) in [7, 11) is 2.03. The Hall–Kier alpha value is -3.02. The summed E-state index contributed by atoms with van der Waals surface area (Å²) in [6.45, 7) is 5.62. The number of carbonyl (C=O) groups is 1. The summed E-state index contributed by atoms with van der Waals surface area (Å²) in [6.07, 6.45) is 12.7. The topological polar surface area (TPSA) is 91.7 Å². The second-order valence-electron chi connectivity index (χ2n) is 10.2. The number of hydrogen-bond acceptors (Lipinski definition) is 7. The standard InChI is InChI=1S/C28H37N5O3/c1-20-15-33(21(2)18-34)28(35)25-11-23(10-9-22-7-5-4-6-8-22)14-31-27(25)36-26(20)17-32(3)16-24-12-29-19-30-13-24/h11-14,19-22,26,34H,4-8,15-18H2,1-3H3/t20-,21+,26-/m0/s1. The van der Waals surface area contributed by atoms with Gasteiger partial charge in [-0.15, -0.1) is 0 Å². The fourth-order valence-corrected chi connectivity index (χ4v) is 4.92. The van der Waals surface area contributed by atoms with E-state index in [0.29, 0.717) is 37.0 Å². The molecule has 2 aromatic rings. The molecule has 2 aromatic heterocycles. The Morgan fingerprint density at radius 3 is 2.69 bits per heavy atom. The van der Waals surface area contributed by atoms with Crippen molar-refractivity contribution in [3.8, 4) is 17.7 Å². The summed E-state index contributed by atoms with van der Waals surface area (Å²) in [5.74, 6) is 7.22. The minimum absolute atomic E-state index is 0.0261. The summed E-state index contributed by atoms with van der Waals surface area (Å²) in [6, 6.07) is 1.48. The van der Waals surface area contributed by atoms with E-state index in [1.807, 2.05) is 26.4 Å². The Balaban J connectivity index is 1.59. The number of hydrogen-bond donors (Lipinski definition) is 1. The lowest BCUT2D eigenvalue weighted by Crippen LogP contribution is -2.49. The molecule has 4 rings (SSSR count). The summed E-state index contributed by atoms with van der Waals surface area (Å²) >= 11 is 0. The van der Waals surface area contributed by atoms with Crippen molar-refractivity contribution >= 4 is 5.91 Å². The van der Waals surface area contributed by atoms with E-state index in [2.05, 4.69) is 38.6 Å². The summed E-state index contributed by atoms with van der Waals surface area (Å²) in [5.41, 5.74) is 2.14. The van der Waals surface area contributed by atoms with Crippen LogP contribution >= 0.6 is 0 Å². The van der Waals surface area contributed by atoms with Gasteiger partial charge in [0.25, 0.3) is 5.91 Å². The normalized spacial score (nSPS) is 21.6.